The van der Waals surface area contributed by atoms with Gasteiger partial charge in [-0.1, -0.05) is 6.07 Å². The van der Waals surface area contributed by atoms with Gasteiger partial charge in [-0.05, 0) is 37.6 Å². The van der Waals surface area contributed by atoms with Gasteiger partial charge in [0.15, 0.2) is 0 Å². The van der Waals surface area contributed by atoms with Crippen LogP contribution in [0.1, 0.15) is 22.3 Å². The van der Waals surface area contributed by atoms with Gasteiger partial charge in [0.2, 0.25) is 5.91 Å². The molecule has 20 heavy (non-hydrogen) atoms. The average Bonchev–Trinajstić information content (AvgIpc) is 2.94. The van der Waals surface area contributed by atoms with Crippen molar-refractivity contribution >= 4 is 29.9 Å². The lowest BCUT2D eigenvalue weighted by Crippen LogP contribution is -2.25. The van der Waals surface area contributed by atoms with Gasteiger partial charge in [-0.15, -0.1) is 12.4 Å². The Morgan fingerprint density at radius 3 is 2.70 bits per heavy atom. The molecule has 0 saturated carbocycles. The summed E-state index contributed by atoms with van der Waals surface area (Å²) in [6.07, 6.45) is 0.861. The molecule has 1 unspecified atom stereocenters. The third-order valence-corrected chi connectivity index (χ3v) is 3.49. The number of amides is 2. The number of nitrogens with one attached hydrogen (secondary N) is 3. The summed E-state index contributed by atoms with van der Waals surface area (Å²) >= 11 is 0. The van der Waals surface area contributed by atoms with E-state index in [-0.39, 0.29) is 30.1 Å². The van der Waals surface area contributed by atoms with Gasteiger partial charge in [0, 0.05) is 24.8 Å². The molecule has 0 bridgehead atoms. The second kappa shape index (κ2) is 7.26. The summed E-state index contributed by atoms with van der Waals surface area (Å²) in [5, 5.41) is 8.68. The van der Waals surface area contributed by atoms with Crippen molar-refractivity contribution in [3.05, 3.63) is 29.3 Å². The van der Waals surface area contributed by atoms with Crippen LogP contribution in [0.3, 0.4) is 0 Å². The molecule has 1 aliphatic heterocycles. The van der Waals surface area contributed by atoms with Crippen molar-refractivity contribution in [2.75, 3.05) is 25.5 Å². The second-order valence-electron chi connectivity index (χ2n) is 4.74. The highest BCUT2D eigenvalue weighted by molar-refractivity contribution is 5.99. The van der Waals surface area contributed by atoms with Crippen LogP contribution >= 0.6 is 12.4 Å². The van der Waals surface area contributed by atoms with Crippen molar-refractivity contribution in [3.63, 3.8) is 0 Å². The normalized spacial score (nSPS) is 17.2. The van der Waals surface area contributed by atoms with Crippen molar-refractivity contribution in [2.24, 2.45) is 5.92 Å². The largest absolute Gasteiger partial charge is 0.355 e. The minimum absolute atomic E-state index is 0. The minimum atomic E-state index is -0.142. The first kappa shape index (κ1) is 16.5. The number of rotatable bonds is 3. The molecular weight excluding hydrogens is 278 g/mol. The predicted molar refractivity (Wildman–Crippen MR) is 81.4 cm³/mol. The van der Waals surface area contributed by atoms with E-state index in [0.717, 1.165) is 25.1 Å². The first-order valence-electron chi connectivity index (χ1n) is 6.46. The van der Waals surface area contributed by atoms with Gasteiger partial charge in [0.1, 0.15) is 0 Å². The van der Waals surface area contributed by atoms with Crippen molar-refractivity contribution in [2.45, 2.75) is 13.3 Å². The Hall–Kier alpha value is -1.59. The maximum absolute atomic E-state index is 12.1. The molecule has 1 atom stereocenters. The highest BCUT2D eigenvalue weighted by Crippen LogP contribution is 2.20. The fourth-order valence-electron chi connectivity index (χ4n) is 2.26. The zero-order valence-electron chi connectivity index (χ0n) is 11.7. The Morgan fingerprint density at radius 2 is 2.10 bits per heavy atom. The van der Waals surface area contributed by atoms with Gasteiger partial charge in [0.25, 0.3) is 5.91 Å². The Balaban J connectivity index is 0.00000200. The van der Waals surface area contributed by atoms with Gasteiger partial charge >= 0.3 is 0 Å². The molecule has 1 aliphatic rings. The van der Waals surface area contributed by atoms with E-state index in [9.17, 15) is 9.59 Å². The number of hydrogen-bond acceptors (Lipinski definition) is 3. The number of benzene rings is 1. The van der Waals surface area contributed by atoms with E-state index in [1.807, 2.05) is 13.0 Å². The van der Waals surface area contributed by atoms with Crippen LogP contribution in [-0.4, -0.2) is 32.0 Å². The van der Waals surface area contributed by atoms with Gasteiger partial charge in [-0.25, -0.2) is 0 Å². The molecule has 110 valence electrons. The zero-order chi connectivity index (χ0) is 13.8. The topological polar surface area (TPSA) is 70.2 Å². The van der Waals surface area contributed by atoms with Crippen LogP contribution in [-0.2, 0) is 4.79 Å². The summed E-state index contributed by atoms with van der Waals surface area (Å²) in [7, 11) is 1.59. The fourth-order valence-corrected chi connectivity index (χ4v) is 2.26. The Morgan fingerprint density at radius 1 is 1.35 bits per heavy atom. The zero-order valence-corrected chi connectivity index (χ0v) is 12.5. The molecule has 6 heteroatoms. The summed E-state index contributed by atoms with van der Waals surface area (Å²) < 4.78 is 0. The quantitative estimate of drug-likeness (QED) is 0.788. The monoisotopic (exact) mass is 297 g/mol. The van der Waals surface area contributed by atoms with Crippen molar-refractivity contribution in [3.8, 4) is 0 Å². The molecule has 1 saturated heterocycles. The Bertz CT molecular complexity index is 499. The molecule has 1 heterocycles. The Kier molecular flexibility index (Phi) is 5.98. The molecule has 1 fully saturated rings. The van der Waals surface area contributed by atoms with E-state index in [0.29, 0.717) is 11.3 Å². The standard InChI is InChI=1S/C14H19N3O2.ClH/c1-9-11(14(19)15-2)4-3-5-12(9)17-13(18)10-6-7-16-8-10;/h3-5,10,16H,6-8H2,1-2H3,(H,15,19)(H,17,18);1H. The molecule has 1 aromatic rings. The second-order valence-corrected chi connectivity index (χ2v) is 4.74. The number of hydrogen-bond donors (Lipinski definition) is 3. The Labute approximate surface area is 124 Å². The predicted octanol–water partition coefficient (Wildman–Crippen LogP) is 1.32. The van der Waals surface area contributed by atoms with Gasteiger partial charge in [-0.2, -0.15) is 0 Å². The molecule has 3 N–H and O–H groups in total. The first-order valence-corrected chi connectivity index (χ1v) is 6.46. The third kappa shape index (κ3) is 3.49. The molecule has 2 rings (SSSR count). The van der Waals surface area contributed by atoms with E-state index in [4.69, 9.17) is 0 Å². The first-order chi connectivity index (χ1) is 9.13. The highest BCUT2D eigenvalue weighted by atomic mass is 35.5. The number of anilines is 1. The molecule has 0 aromatic heterocycles. The van der Waals surface area contributed by atoms with E-state index < -0.39 is 0 Å². The van der Waals surface area contributed by atoms with Crippen LogP contribution in [0, 0.1) is 12.8 Å². The van der Waals surface area contributed by atoms with Crippen LogP contribution in [0.5, 0.6) is 0 Å². The lowest BCUT2D eigenvalue weighted by atomic mass is 10.0. The SMILES string of the molecule is CNC(=O)c1cccc(NC(=O)C2CCNC2)c1C.Cl. The van der Waals surface area contributed by atoms with E-state index in [2.05, 4.69) is 16.0 Å². The lowest BCUT2D eigenvalue weighted by Gasteiger charge is -2.14. The maximum atomic E-state index is 12.1. The summed E-state index contributed by atoms with van der Waals surface area (Å²) in [6.45, 7) is 3.45. The maximum Gasteiger partial charge on any atom is 0.251 e. The summed E-state index contributed by atoms with van der Waals surface area (Å²) in [6, 6.07) is 5.35. The minimum Gasteiger partial charge on any atom is -0.355 e. The van der Waals surface area contributed by atoms with E-state index in [1.165, 1.54) is 0 Å². The molecule has 0 aliphatic carbocycles. The molecular formula is C14H20ClN3O2. The van der Waals surface area contributed by atoms with Gasteiger partial charge in [-0.3, -0.25) is 9.59 Å². The van der Waals surface area contributed by atoms with E-state index in [1.54, 1.807) is 19.2 Å². The summed E-state index contributed by atoms with van der Waals surface area (Å²) in [5.41, 5.74) is 2.09. The smallest absolute Gasteiger partial charge is 0.251 e. The van der Waals surface area contributed by atoms with Crippen molar-refractivity contribution < 1.29 is 9.59 Å². The number of carbonyl (C=O) groups excluding carboxylic acids is 2. The summed E-state index contributed by atoms with van der Waals surface area (Å²) in [5.74, 6) is -0.110. The molecule has 0 spiro atoms. The van der Waals surface area contributed by atoms with Crippen molar-refractivity contribution in [1.82, 2.24) is 10.6 Å². The van der Waals surface area contributed by atoms with Crippen LogP contribution in [0.2, 0.25) is 0 Å². The fraction of sp³-hybridized carbons (Fsp3) is 0.429. The number of carbonyl (C=O) groups is 2. The molecule has 2 amide bonds. The van der Waals surface area contributed by atoms with Crippen LogP contribution in [0.15, 0.2) is 18.2 Å². The van der Waals surface area contributed by atoms with E-state index >= 15 is 0 Å². The van der Waals surface area contributed by atoms with Crippen LogP contribution in [0.25, 0.3) is 0 Å². The molecule has 5 nitrogen and oxygen atoms in total. The number of halogens is 1. The lowest BCUT2D eigenvalue weighted by molar-refractivity contribution is -0.119. The van der Waals surface area contributed by atoms with Gasteiger partial charge in [0.05, 0.1) is 5.92 Å². The highest BCUT2D eigenvalue weighted by Gasteiger charge is 2.23. The third-order valence-electron chi connectivity index (χ3n) is 3.49. The van der Waals surface area contributed by atoms with Crippen molar-refractivity contribution in [1.29, 1.82) is 0 Å². The molecule has 0 radical (unpaired) electrons. The van der Waals surface area contributed by atoms with Gasteiger partial charge < -0.3 is 16.0 Å². The van der Waals surface area contributed by atoms with Crippen LogP contribution < -0.4 is 16.0 Å². The van der Waals surface area contributed by atoms with Crippen LogP contribution in [0.4, 0.5) is 5.69 Å². The molecule has 1 aromatic carbocycles. The summed E-state index contributed by atoms with van der Waals surface area (Å²) in [4.78, 5) is 23.8. The average molecular weight is 298 g/mol.